The van der Waals surface area contributed by atoms with Gasteiger partial charge in [-0.15, -0.1) is 0 Å². The van der Waals surface area contributed by atoms with Gasteiger partial charge >= 0.3 is 0 Å². The summed E-state index contributed by atoms with van der Waals surface area (Å²) in [5.74, 6) is -0.00470. The van der Waals surface area contributed by atoms with Gasteiger partial charge in [-0.1, -0.05) is 6.07 Å². The molecule has 0 amide bonds. The fourth-order valence-corrected chi connectivity index (χ4v) is 2.18. The molecule has 0 unspecified atom stereocenters. The number of benzene rings is 1. The molecule has 0 spiro atoms. The molecule has 68 valence electrons. The number of aromatic hydroxyl groups is 2. The van der Waals surface area contributed by atoms with Crippen LogP contribution in [0.3, 0.4) is 0 Å². The molecule has 0 aliphatic heterocycles. The van der Waals surface area contributed by atoms with Crippen LogP contribution in [0.4, 0.5) is 0 Å². The second-order valence-electron chi connectivity index (χ2n) is 3.46. The minimum absolute atomic E-state index is 0.0278. The maximum absolute atomic E-state index is 9.50. The fraction of sp³-hybridized carbons (Fsp3) is 0.333. The van der Waals surface area contributed by atoms with E-state index in [0.717, 1.165) is 4.90 Å². The third kappa shape index (κ3) is 1.67. The highest BCUT2D eigenvalue weighted by Crippen LogP contribution is 2.51. The number of rotatable bonds is 1. The molecule has 1 aromatic carbocycles. The van der Waals surface area contributed by atoms with Gasteiger partial charge in [0.15, 0.2) is 11.5 Å². The molecular weight excluding hydrogens is 172 g/mol. The Bertz CT molecular complexity index is 289. The van der Waals surface area contributed by atoms with E-state index in [2.05, 4.69) is 18.8 Å². The van der Waals surface area contributed by atoms with Crippen LogP contribution in [0.2, 0.25) is 0 Å². The van der Waals surface area contributed by atoms with Crippen LogP contribution >= 0.6 is 10.0 Å². The van der Waals surface area contributed by atoms with E-state index in [0.29, 0.717) is 0 Å². The molecule has 1 rings (SSSR count). The van der Waals surface area contributed by atoms with Crippen LogP contribution in [0.15, 0.2) is 23.1 Å². The van der Waals surface area contributed by atoms with Crippen molar-refractivity contribution in [3.05, 3.63) is 18.2 Å². The SMILES string of the molecule is CS(C)(C)c1cccc(O)c1O. The molecule has 0 heterocycles. The first-order valence-corrected chi connectivity index (χ1v) is 6.48. The van der Waals surface area contributed by atoms with Crippen LogP contribution in [0, 0.1) is 0 Å². The first-order valence-electron chi connectivity index (χ1n) is 3.62. The Hall–Kier alpha value is -0.830. The van der Waals surface area contributed by atoms with Gasteiger partial charge in [-0.05, 0) is 30.9 Å². The zero-order valence-electron chi connectivity index (χ0n) is 7.53. The van der Waals surface area contributed by atoms with Crippen molar-refractivity contribution in [1.82, 2.24) is 0 Å². The van der Waals surface area contributed by atoms with E-state index in [-0.39, 0.29) is 11.5 Å². The van der Waals surface area contributed by atoms with Crippen molar-refractivity contribution in [3.63, 3.8) is 0 Å². The third-order valence-corrected chi connectivity index (χ3v) is 3.29. The van der Waals surface area contributed by atoms with Gasteiger partial charge in [0.2, 0.25) is 0 Å². The molecule has 12 heavy (non-hydrogen) atoms. The van der Waals surface area contributed by atoms with Crippen LogP contribution in [0.25, 0.3) is 0 Å². The fourth-order valence-electron chi connectivity index (χ4n) is 1.00. The normalized spacial score (nSPS) is 12.9. The maximum Gasteiger partial charge on any atom is 0.169 e. The molecule has 3 heteroatoms. The van der Waals surface area contributed by atoms with E-state index in [1.54, 1.807) is 6.07 Å². The zero-order chi connectivity index (χ0) is 9.35. The molecule has 0 atom stereocenters. The molecule has 0 aromatic heterocycles. The minimum atomic E-state index is -0.966. The Labute approximate surface area is 74.2 Å². The summed E-state index contributed by atoms with van der Waals surface area (Å²) in [4.78, 5) is 0.850. The summed E-state index contributed by atoms with van der Waals surface area (Å²) in [6, 6.07) is 5.09. The number of phenols is 2. The first kappa shape index (κ1) is 9.26. The van der Waals surface area contributed by atoms with Crippen molar-refractivity contribution >= 4 is 10.0 Å². The van der Waals surface area contributed by atoms with E-state index in [9.17, 15) is 10.2 Å². The molecule has 0 bridgehead atoms. The van der Waals surface area contributed by atoms with Gasteiger partial charge in [-0.25, -0.2) is 10.0 Å². The van der Waals surface area contributed by atoms with E-state index in [1.165, 1.54) is 6.07 Å². The molecule has 2 nitrogen and oxygen atoms in total. The summed E-state index contributed by atoms with van der Waals surface area (Å²) < 4.78 is 0. The highest BCUT2D eigenvalue weighted by atomic mass is 32.3. The topological polar surface area (TPSA) is 40.5 Å². The molecular formula is C9H14O2S. The summed E-state index contributed by atoms with van der Waals surface area (Å²) in [6.45, 7) is 0. The summed E-state index contributed by atoms with van der Waals surface area (Å²) >= 11 is 0. The van der Waals surface area contributed by atoms with Crippen molar-refractivity contribution in [2.45, 2.75) is 4.90 Å². The number of para-hydroxylation sites is 1. The van der Waals surface area contributed by atoms with E-state index >= 15 is 0 Å². The van der Waals surface area contributed by atoms with Crippen molar-refractivity contribution in [2.24, 2.45) is 0 Å². The highest BCUT2D eigenvalue weighted by Gasteiger charge is 2.14. The van der Waals surface area contributed by atoms with Crippen LogP contribution in [0.1, 0.15) is 0 Å². The average molecular weight is 186 g/mol. The molecule has 1 aromatic rings. The Kier molecular flexibility index (Phi) is 2.24. The molecule has 0 saturated heterocycles. The predicted molar refractivity (Wildman–Crippen MR) is 53.4 cm³/mol. The molecule has 0 aliphatic carbocycles. The summed E-state index contributed by atoms with van der Waals surface area (Å²) in [5, 5.41) is 18.7. The van der Waals surface area contributed by atoms with E-state index in [4.69, 9.17) is 0 Å². The standard InChI is InChI=1S/C9H14O2S/c1-12(2,3)8-6-4-5-7(10)9(8)11/h4-6,10-11H,1-3H3. The monoisotopic (exact) mass is 186 g/mol. The molecule has 0 saturated carbocycles. The third-order valence-electron chi connectivity index (χ3n) is 1.64. The van der Waals surface area contributed by atoms with Gasteiger partial charge in [0, 0.05) is 4.90 Å². The Morgan fingerprint density at radius 3 is 2.08 bits per heavy atom. The van der Waals surface area contributed by atoms with Crippen molar-refractivity contribution in [1.29, 1.82) is 0 Å². The average Bonchev–Trinajstić information content (AvgIpc) is 1.92. The van der Waals surface area contributed by atoms with Crippen LogP contribution in [-0.4, -0.2) is 29.0 Å². The molecule has 0 aliphatic rings. The van der Waals surface area contributed by atoms with Gasteiger partial charge in [-0.3, -0.25) is 0 Å². The smallest absolute Gasteiger partial charge is 0.169 e. The highest BCUT2D eigenvalue weighted by molar-refractivity contribution is 8.32. The van der Waals surface area contributed by atoms with Crippen molar-refractivity contribution in [2.75, 3.05) is 18.8 Å². The number of hydrogen-bond acceptors (Lipinski definition) is 2. The summed E-state index contributed by atoms with van der Waals surface area (Å²) in [7, 11) is -0.966. The van der Waals surface area contributed by atoms with Gasteiger partial charge in [0.25, 0.3) is 0 Å². The van der Waals surface area contributed by atoms with Gasteiger partial charge in [0.1, 0.15) is 0 Å². The minimum Gasteiger partial charge on any atom is -0.504 e. The van der Waals surface area contributed by atoms with Crippen molar-refractivity contribution < 1.29 is 10.2 Å². The second kappa shape index (κ2) is 2.90. The lowest BCUT2D eigenvalue weighted by Crippen LogP contribution is -1.92. The maximum atomic E-state index is 9.50. The van der Waals surface area contributed by atoms with Gasteiger partial charge < -0.3 is 10.2 Å². The Balaban J connectivity index is 3.26. The number of phenolic OH excluding ortho intramolecular Hbond substituents is 2. The lowest BCUT2D eigenvalue weighted by molar-refractivity contribution is 0.394. The largest absolute Gasteiger partial charge is 0.504 e. The van der Waals surface area contributed by atoms with Crippen molar-refractivity contribution in [3.8, 4) is 11.5 Å². The summed E-state index contributed by atoms with van der Waals surface area (Å²) in [5.41, 5.74) is 0. The Morgan fingerprint density at radius 1 is 1.08 bits per heavy atom. The van der Waals surface area contributed by atoms with Crippen LogP contribution < -0.4 is 0 Å². The quantitative estimate of drug-likeness (QED) is 0.660. The number of hydrogen-bond donors (Lipinski definition) is 2. The molecule has 2 N–H and O–H groups in total. The summed E-state index contributed by atoms with van der Waals surface area (Å²) in [6.07, 6.45) is 6.21. The lowest BCUT2D eigenvalue weighted by atomic mass is 10.3. The van der Waals surface area contributed by atoms with E-state index in [1.807, 2.05) is 6.07 Å². The van der Waals surface area contributed by atoms with Crippen LogP contribution in [-0.2, 0) is 0 Å². The van der Waals surface area contributed by atoms with Crippen LogP contribution in [0.5, 0.6) is 11.5 Å². The predicted octanol–water partition coefficient (Wildman–Crippen LogP) is 2.15. The van der Waals surface area contributed by atoms with E-state index < -0.39 is 10.0 Å². The molecule has 0 radical (unpaired) electrons. The Morgan fingerprint density at radius 2 is 1.67 bits per heavy atom. The van der Waals surface area contributed by atoms with Gasteiger partial charge in [0.05, 0.1) is 0 Å². The second-order valence-corrected chi connectivity index (χ2v) is 7.58. The molecule has 0 fully saturated rings. The lowest BCUT2D eigenvalue weighted by Gasteiger charge is -2.26. The van der Waals surface area contributed by atoms with Gasteiger partial charge in [-0.2, -0.15) is 0 Å². The zero-order valence-corrected chi connectivity index (χ0v) is 8.35. The first-order chi connectivity index (χ1) is 5.43.